The summed E-state index contributed by atoms with van der Waals surface area (Å²) in [7, 11) is 1.75. The third kappa shape index (κ3) is 2.45. The Morgan fingerprint density at radius 1 is 0.800 bits per heavy atom. The van der Waals surface area contributed by atoms with Gasteiger partial charge in [0.15, 0.2) is 5.78 Å². The molecule has 0 aliphatic heterocycles. The Morgan fingerprint density at radius 3 is 2.16 bits per heavy atom. The molecule has 0 bridgehead atoms. The Morgan fingerprint density at radius 2 is 1.44 bits per heavy atom. The second-order valence-electron chi connectivity index (χ2n) is 6.33. The molecule has 3 aromatic rings. The molecule has 3 heteroatoms. The molecule has 3 aromatic carbocycles. The Kier molecular flexibility index (Phi) is 3.50. The molecule has 0 fully saturated rings. The van der Waals surface area contributed by atoms with E-state index >= 15 is 0 Å². The van der Waals surface area contributed by atoms with Crippen LogP contribution in [0.4, 0.5) is 5.69 Å². The van der Waals surface area contributed by atoms with E-state index in [4.69, 9.17) is 0 Å². The average molecular weight is 327 g/mol. The lowest BCUT2D eigenvalue weighted by molar-refractivity contribution is 0.0993. The Bertz CT molecular complexity index is 1000. The van der Waals surface area contributed by atoms with Crippen molar-refractivity contribution >= 4 is 17.4 Å². The molecule has 0 saturated carbocycles. The fourth-order valence-corrected chi connectivity index (χ4v) is 3.24. The number of carbonyl (C=O) groups excluding carboxylic acids is 2. The van der Waals surface area contributed by atoms with E-state index in [2.05, 4.69) is 0 Å². The van der Waals surface area contributed by atoms with Gasteiger partial charge in [-0.3, -0.25) is 9.59 Å². The van der Waals surface area contributed by atoms with Crippen LogP contribution in [-0.2, 0) is 0 Å². The van der Waals surface area contributed by atoms with Crippen LogP contribution in [0, 0.1) is 6.92 Å². The smallest absolute Gasteiger partial charge is 0.258 e. The largest absolute Gasteiger partial charge is 0.311 e. The van der Waals surface area contributed by atoms with Gasteiger partial charge in [-0.25, -0.2) is 0 Å². The summed E-state index contributed by atoms with van der Waals surface area (Å²) < 4.78 is 0. The molecule has 0 aromatic heterocycles. The van der Waals surface area contributed by atoms with Crippen molar-refractivity contribution in [1.82, 2.24) is 0 Å². The number of benzene rings is 3. The standard InChI is InChI=1S/C22H17NO2/c1-14-7-10-16(11-8-14)23(2)22(25)15-9-12-18-17-5-3-4-6-19(17)21(24)20(18)13-15/h3-13H,1-2H3. The highest BCUT2D eigenvalue weighted by atomic mass is 16.2. The lowest BCUT2D eigenvalue weighted by atomic mass is 10.0. The number of rotatable bonds is 2. The fraction of sp³-hybridized carbons (Fsp3) is 0.0909. The second-order valence-corrected chi connectivity index (χ2v) is 6.33. The van der Waals surface area contributed by atoms with Crippen molar-refractivity contribution in [3.63, 3.8) is 0 Å². The molecular weight excluding hydrogens is 310 g/mol. The van der Waals surface area contributed by atoms with Crippen molar-refractivity contribution < 1.29 is 9.59 Å². The average Bonchev–Trinajstić information content (AvgIpc) is 2.94. The molecule has 0 atom stereocenters. The van der Waals surface area contributed by atoms with Gasteiger partial charge in [0.2, 0.25) is 0 Å². The molecule has 0 spiro atoms. The minimum absolute atomic E-state index is 0.0155. The van der Waals surface area contributed by atoms with Crippen LogP contribution in [0.15, 0.2) is 66.7 Å². The first-order valence-electron chi connectivity index (χ1n) is 8.19. The van der Waals surface area contributed by atoms with Crippen molar-refractivity contribution in [2.45, 2.75) is 6.92 Å². The van der Waals surface area contributed by atoms with E-state index < -0.39 is 0 Å². The second kappa shape index (κ2) is 5.71. The van der Waals surface area contributed by atoms with E-state index in [0.29, 0.717) is 16.7 Å². The van der Waals surface area contributed by atoms with Gasteiger partial charge in [-0.2, -0.15) is 0 Å². The zero-order chi connectivity index (χ0) is 17.6. The Hall–Kier alpha value is -3.20. The Labute approximate surface area is 146 Å². The van der Waals surface area contributed by atoms with Gasteiger partial charge in [-0.05, 0) is 42.3 Å². The third-order valence-electron chi connectivity index (χ3n) is 4.70. The van der Waals surface area contributed by atoms with Gasteiger partial charge in [0.05, 0.1) is 0 Å². The third-order valence-corrected chi connectivity index (χ3v) is 4.70. The molecule has 0 unspecified atom stereocenters. The normalized spacial score (nSPS) is 11.8. The summed E-state index contributed by atoms with van der Waals surface area (Å²) in [5, 5.41) is 0. The number of aryl methyl sites for hydroxylation is 1. The summed E-state index contributed by atoms with van der Waals surface area (Å²) in [6, 6.07) is 20.7. The van der Waals surface area contributed by atoms with E-state index in [9.17, 15) is 9.59 Å². The predicted molar refractivity (Wildman–Crippen MR) is 99.2 cm³/mol. The quantitative estimate of drug-likeness (QED) is 0.544. The minimum Gasteiger partial charge on any atom is -0.311 e. The molecule has 0 radical (unpaired) electrons. The number of ketones is 1. The molecule has 3 nitrogen and oxygen atoms in total. The van der Waals surface area contributed by atoms with Gasteiger partial charge < -0.3 is 4.90 Å². The minimum atomic E-state index is -0.129. The van der Waals surface area contributed by atoms with Crippen LogP contribution >= 0.6 is 0 Å². The topological polar surface area (TPSA) is 37.4 Å². The van der Waals surface area contributed by atoms with Crippen molar-refractivity contribution in [2.24, 2.45) is 0 Å². The van der Waals surface area contributed by atoms with E-state index in [1.165, 1.54) is 0 Å². The first-order chi connectivity index (χ1) is 12.1. The van der Waals surface area contributed by atoms with Crippen LogP contribution in [0.2, 0.25) is 0 Å². The molecule has 0 saturated heterocycles. The lowest BCUT2D eigenvalue weighted by Gasteiger charge is -2.18. The zero-order valence-corrected chi connectivity index (χ0v) is 14.1. The van der Waals surface area contributed by atoms with Crippen molar-refractivity contribution in [1.29, 1.82) is 0 Å². The molecule has 1 amide bonds. The van der Waals surface area contributed by atoms with Crippen LogP contribution in [-0.4, -0.2) is 18.7 Å². The van der Waals surface area contributed by atoms with Crippen LogP contribution in [0.5, 0.6) is 0 Å². The highest BCUT2D eigenvalue weighted by Gasteiger charge is 2.27. The van der Waals surface area contributed by atoms with Gasteiger partial charge in [0.25, 0.3) is 5.91 Å². The first-order valence-corrected chi connectivity index (χ1v) is 8.19. The highest BCUT2D eigenvalue weighted by molar-refractivity contribution is 6.22. The zero-order valence-electron chi connectivity index (χ0n) is 14.1. The van der Waals surface area contributed by atoms with Gasteiger partial charge in [-0.15, -0.1) is 0 Å². The fourth-order valence-electron chi connectivity index (χ4n) is 3.24. The van der Waals surface area contributed by atoms with Crippen LogP contribution in [0.25, 0.3) is 11.1 Å². The Balaban J connectivity index is 1.70. The number of hydrogen-bond acceptors (Lipinski definition) is 2. The summed E-state index contributed by atoms with van der Waals surface area (Å²) >= 11 is 0. The molecule has 0 N–H and O–H groups in total. The molecule has 0 heterocycles. The molecular formula is C22H17NO2. The summed E-state index contributed by atoms with van der Waals surface area (Å²) in [6.45, 7) is 2.01. The number of carbonyl (C=O) groups is 2. The highest BCUT2D eigenvalue weighted by Crippen LogP contribution is 2.36. The van der Waals surface area contributed by atoms with E-state index in [-0.39, 0.29) is 11.7 Å². The van der Waals surface area contributed by atoms with Crippen LogP contribution in [0.3, 0.4) is 0 Å². The van der Waals surface area contributed by atoms with Gasteiger partial charge in [-0.1, -0.05) is 48.0 Å². The SMILES string of the molecule is Cc1ccc(N(C)C(=O)c2ccc3c(c2)C(=O)c2ccccc2-3)cc1. The van der Waals surface area contributed by atoms with Gasteiger partial charge >= 0.3 is 0 Å². The van der Waals surface area contributed by atoms with Gasteiger partial charge in [0.1, 0.15) is 0 Å². The monoisotopic (exact) mass is 327 g/mol. The van der Waals surface area contributed by atoms with Gasteiger partial charge in [0, 0.05) is 29.4 Å². The predicted octanol–water partition coefficient (Wildman–Crippen LogP) is 4.48. The maximum atomic E-state index is 12.8. The van der Waals surface area contributed by atoms with E-state index in [1.807, 2.05) is 61.5 Å². The van der Waals surface area contributed by atoms with Crippen molar-refractivity contribution in [2.75, 3.05) is 11.9 Å². The van der Waals surface area contributed by atoms with Crippen molar-refractivity contribution in [3.05, 3.63) is 89.0 Å². The number of fused-ring (bicyclic) bond motifs is 3. The summed E-state index contributed by atoms with van der Waals surface area (Å²) in [6.07, 6.45) is 0. The van der Waals surface area contributed by atoms with Crippen LogP contribution < -0.4 is 4.90 Å². The number of amides is 1. The lowest BCUT2D eigenvalue weighted by Crippen LogP contribution is -2.26. The molecule has 122 valence electrons. The summed E-state index contributed by atoms with van der Waals surface area (Å²) in [5.41, 5.74) is 5.63. The summed E-state index contributed by atoms with van der Waals surface area (Å²) in [4.78, 5) is 27.0. The van der Waals surface area contributed by atoms with Crippen molar-refractivity contribution in [3.8, 4) is 11.1 Å². The number of anilines is 1. The summed E-state index contributed by atoms with van der Waals surface area (Å²) in [5.74, 6) is -0.145. The first kappa shape index (κ1) is 15.3. The molecule has 1 aliphatic rings. The number of hydrogen-bond donors (Lipinski definition) is 0. The van der Waals surface area contributed by atoms with E-state index in [0.717, 1.165) is 22.4 Å². The molecule has 4 rings (SSSR count). The molecule has 25 heavy (non-hydrogen) atoms. The maximum Gasteiger partial charge on any atom is 0.258 e. The number of nitrogens with zero attached hydrogens (tertiary/aromatic N) is 1. The van der Waals surface area contributed by atoms with E-state index in [1.54, 1.807) is 24.1 Å². The van der Waals surface area contributed by atoms with Crippen LogP contribution in [0.1, 0.15) is 31.8 Å². The maximum absolute atomic E-state index is 12.8. The molecule has 1 aliphatic carbocycles.